The van der Waals surface area contributed by atoms with Crippen LogP contribution in [0.25, 0.3) is 0 Å². The van der Waals surface area contributed by atoms with Crippen LogP contribution < -0.4 is 15.0 Å². The fourth-order valence-corrected chi connectivity index (χ4v) is 2.44. The highest BCUT2D eigenvalue weighted by Gasteiger charge is 2.29. The van der Waals surface area contributed by atoms with Gasteiger partial charge >= 0.3 is 0 Å². The standard InChI is InChI=1S/C17H14F2N2O3/c1-9-17(23)21(2)14-6-3-10(7-15(14)24-9)16(22)20-11-4-5-12(18)13(19)8-11/h3-9H,1-2H3,(H,20,22). The smallest absolute Gasteiger partial charge is 0.267 e. The number of ether oxygens (including phenoxy) is 1. The van der Waals surface area contributed by atoms with Crippen LogP contribution in [-0.2, 0) is 4.79 Å². The van der Waals surface area contributed by atoms with Gasteiger partial charge in [-0.05, 0) is 37.3 Å². The third-order valence-electron chi connectivity index (χ3n) is 3.74. The number of carbonyl (C=O) groups excluding carboxylic acids is 2. The van der Waals surface area contributed by atoms with E-state index < -0.39 is 23.6 Å². The van der Waals surface area contributed by atoms with Crippen molar-refractivity contribution in [3.63, 3.8) is 0 Å². The zero-order chi connectivity index (χ0) is 17.4. The molecule has 124 valence electrons. The predicted octanol–water partition coefficient (Wildman–Crippen LogP) is 2.96. The molecule has 0 fully saturated rings. The van der Waals surface area contributed by atoms with Crippen LogP contribution in [0.5, 0.6) is 5.75 Å². The van der Waals surface area contributed by atoms with Gasteiger partial charge in [-0.3, -0.25) is 9.59 Å². The van der Waals surface area contributed by atoms with Crippen molar-refractivity contribution in [1.82, 2.24) is 0 Å². The SMILES string of the molecule is CC1Oc2cc(C(=O)Nc3ccc(F)c(F)c3)ccc2N(C)C1=O. The molecular weight excluding hydrogens is 318 g/mol. The maximum Gasteiger partial charge on any atom is 0.267 e. The molecule has 24 heavy (non-hydrogen) atoms. The lowest BCUT2D eigenvalue weighted by Gasteiger charge is -2.30. The summed E-state index contributed by atoms with van der Waals surface area (Å²) in [6.07, 6.45) is -0.646. The largest absolute Gasteiger partial charge is 0.479 e. The molecule has 7 heteroatoms. The first kappa shape index (κ1) is 15.9. The number of likely N-dealkylation sites (N-methyl/N-ethyl adjacent to an activating group) is 1. The maximum absolute atomic E-state index is 13.2. The van der Waals surface area contributed by atoms with Crippen LogP contribution in [0, 0.1) is 11.6 Å². The van der Waals surface area contributed by atoms with Gasteiger partial charge in [0.25, 0.3) is 11.8 Å². The summed E-state index contributed by atoms with van der Waals surface area (Å²) in [6, 6.07) is 7.72. The number of nitrogens with zero attached hydrogens (tertiary/aromatic N) is 1. The lowest BCUT2D eigenvalue weighted by Crippen LogP contribution is -2.42. The number of fused-ring (bicyclic) bond motifs is 1. The second kappa shape index (κ2) is 5.92. The van der Waals surface area contributed by atoms with Crippen LogP contribution >= 0.6 is 0 Å². The minimum atomic E-state index is -1.05. The van der Waals surface area contributed by atoms with Crippen LogP contribution in [0.1, 0.15) is 17.3 Å². The topological polar surface area (TPSA) is 58.6 Å². The van der Waals surface area contributed by atoms with E-state index in [0.717, 1.165) is 12.1 Å². The van der Waals surface area contributed by atoms with Gasteiger partial charge in [-0.1, -0.05) is 0 Å². The maximum atomic E-state index is 13.2. The van der Waals surface area contributed by atoms with E-state index in [0.29, 0.717) is 11.4 Å². The summed E-state index contributed by atoms with van der Waals surface area (Å²) >= 11 is 0. The van der Waals surface area contributed by atoms with Crippen molar-refractivity contribution in [2.24, 2.45) is 0 Å². The molecule has 0 bridgehead atoms. The highest BCUT2D eigenvalue weighted by Crippen LogP contribution is 2.34. The second-order valence-corrected chi connectivity index (χ2v) is 5.42. The van der Waals surface area contributed by atoms with Crippen molar-refractivity contribution in [2.75, 3.05) is 17.3 Å². The molecule has 3 rings (SSSR count). The Kier molecular flexibility index (Phi) is 3.92. The fourth-order valence-electron chi connectivity index (χ4n) is 2.44. The molecule has 1 N–H and O–H groups in total. The van der Waals surface area contributed by atoms with Crippen molar-refractivity contribution in [2.45, 2.75) is 13.0 Å². The first-order valence-corrected chi connectivity index (χ1v) is 7.21. The van der Waals surface area contributed by atoms with Gasteiger partial charge < -0.3 is 15.0 Å². The first-order chi connectivity index (χ1) is 11.4. The molecule has 0 radical (unpaired) electrons. The van der Waals surface area contributed by atoms with E-state index in [-0.39, 0.29) is 17.2 Å². The summed E-state index contributed by atoms with van der Waals surface area (Å²) in [4.78, 5) is 25.6. The highest BCUT2D eigenvalue weighted by atomic mass is 19.2. The Morgan fingerprint density at radius 1 is 1.17 bits per heavy atom. The summed E-state index contributed by atoms with van der Waals surface area (Å²) < 4.78 is 31.6. The predicted molar refractivity (Wildman–Crippen MR) is 84.3 cm³/mol. The van der Waals surface area contributed by atoms with Crippen molar-refractivity contribution < 1.29 is 23.1 Å². The van der Waals surface area contributed by atoms with Gasteiger partial charge in [0.2, 0.25) is 0 Å². The average molecular weight is 332 g/mol. The van der Waals surface area contributed by atoms with Gasteiger partial charge in [0.1, 0.15) is 5.75 Å². The van der Waals surface area contributed by atoms with E-state index in [4.69, 9.17) is 4.74 Å². The summed E-state index contributed by atoms with van der Waals surface area (Å²) in [6.45, 7) is 1.62. The number of hydrogen-bond donors (Lipinski definition) is 1. The molecule has 2 aromatic rings. The number of anilines is 2. The molecule has 0 saturated carbocycles. The number of carbonyl (C=O) groups is 2. The molecule has 1 aliphatic heterocycles. The molecule has 1 unspecified atom stereocenters. The normalized spacial score (nSPS) is 16.4. The van der Waals surface area contributed by atoms with Gasteiger partial charge in [0.15, 0.2) is 17.7 Å². The van der Waals surface area contributed by atoms with Crippen molar-refractivity contribution >= 4 is 23.2 Å². The van der Waals surface area contributed by atoms with E-state index in [1.54, 1.807) is 20.0 Å². The van der Waals surface area contributed by atoms with E-state index >= 15 is 0 Å². The molecule has 0 saturated heterocycles. The third kappa shape index (κ3) is 2.80. The molecule has 0 spiro atoms. The summed E-state index contributed by atoms with van der Waals surface area (Å²) in [5.74, 6) is -2.31. The van der Waals surface area contributed by atoms with Crippen LogP contribution in [-0.4, -0.2) is 25.0 Å². The third-order valence-corrected chi connectivity index (χ3v) is 3.74. The number of halogens is 2. The molecule has 0 aliphatic carbocycles. The van der Waals surface area contributed by atoms with Crippen LogP contribution in [0.3, 0.4) is 0 Å². The fraction of sp³-hybridized carbons (Fsp3) is 0.176. The Labute approximate surface area is 136 Å². The molecule has 1 atom stereocenters. The van der Waals surface area contributed by atoms with Crippen LogP contribution in [0.4, 0.5) is 20.2 Å². The summed E-state index contributed by atoms with van der Waals surface area (Å²) in [5.41, 5.74) is 0.967. The average Bonchev–Trinajstić information content (AvgIpc) is 2.55. The van der Waals surface area contributed by atoms with Gasteiger partial charge in [0.05, 0.1) is 5.69 Å². The quantitative estimate of drug-likeness (QED) is 0.920. The lowest BCUT2D eigenvalue weighted by atomic mass is 10.1. The monoisotopic (exact) mass is 332 g/mol. The molecule has 5 nitrogen and oxygen atoms in total. The molecular formula is C17H14F2N2O3. The van der Waals surface area contributed by atoms with Gasteiger partial charge in [0, 0.05) is 24.4 Å². The van der Waals surface area contributed by atoms with Gasteiger partial charge in [-0.15, -0.1) is 0 Å². The van der Waals surface area contributed by atoms with E-state index in [1.165, 1.54) is 23.1 Å². The summed E-state index contributed by atoms with van der Waals surface area (Å²) in [7, 11) is 1.63. The van der Waals surface area contributed by atoms with E-state index in [9.17, 15) is 18.4 Å². The molecule has 2 aromatic carbocycles. The molecule has 2 amide bonds. The molecule has 1 aliphatic rings. The van der Waals surface area contributed by atoms with E-state index in [1.807, 2.05) is 0 Å². The Bertz CT molecular complexity index is 839. The Morgan fingerprint density at radius 3 is 2.62 bits per heavy atom. The number of amides is 2. The molecule has 1 heterocycles. The van der Waals surface area contributed by atoms with Crippen LogP contribution in [0.2, 0.25) is 0 Å². The minimum Gasteiger partial charge on any atom is -0.479 e. The number of benzene rings is 2. The first-order valence-electron chi connectivity index (χ1n) is 7.21. The minimum absolute atomic E-state index is 0.137. The number of rotatable bonds is 2. The lowest BCUT2D eigenvalue weighted by molar-refractivity contribution is -0.125. The van der Waals surface area contributed by atoms with Crippen molar-refractivity contribution in [3.05, 3.63) is 53.6 Å². The zero-order valence-corrected chi connectivity index (χ0v) is 13.0. The molecule has 0 aromatic heterocycles. The van der Waals surface area contributed by atoms with Gasteiger partial charge in [-0.2, -0.15) is 0 Å². The zero-order valence-electron chi connectivity index (χ0n) is 13.0. The number of nitrogens with one attached hydrogen (secondary N) is 1. The second-order valence-electron chi connectivity index (χ2n) is 5.42. The van der Waals surface area contributed by atoms with Gasteiger partial charge in [-0.25, -0.2) is 8.78 Å². The Hall–Kier alpha value is -2.96. The summed E-state index contributed by atoms with van der Waals surface area (Å²) in [5, 5.41) is 2.48. The highest BCUT2D eigenvalue weighted by molar-refractivity contribution is 6.06. The number of hydrogen-bond acceptors (Lipinski definition) is 3. The Balaban J connectivity index is 1.85. The Morgan fingerprint density at radius 2 is 1.92 bits per heavy atom. The van der Waals surface area contributed by atoms with Crippen molar-refractivity contribution in [1.29, 1.82) is 0 Å². The van der Waals surface area contributed by atoms with Crippen molar-refractivity contribution in [3.8, 4) is 5.75 Å². The van der Waals surface area contributed by atoms with E-state index in [2.05, 4.69) is 5.32 Å². The van der Waals surface area contributed by atoms with Crippen LogP contribution in [0.15, 0.2) is 36.4 Å².